The minimum atomic E-state index is -1.63. The number of carbonyl (C=O) groups excluding carboxylic acids is 1. The summed E-state index contributed by atoms with van der Waals surface area (Å²) in [5.74, 6) is -2.25. The van der Waals surface area contributed by atoms with E-state index in [2.05, 4.69) is 4.90 Å². The number of fused-ring (bicyclic) bond motifs is 1. The summed E-state index contributed by atoms with van der Waals surface area (Å²) in [7, 11) is 0. The molecule has 0 bridgehead atoms. The fraction of sp³-hybridized carbons (Fsp3) is 0.600. The highest BCUT2D eigenvalue weighted by Gasteiger charge is 2.44. The Morgan fingerprint density at radius 1 is 1.43 bits per heavy atom. The minimum absolute atomic E-state index is 0.0715. The second-order valence-electron chi connectivity index (χ2n) is 8.35. The number of rotatable bonds is 1. The van der Waals surface area contributed by atoms with Gasteiger partial charge in [-0.25, -0.2) is 9.18 Å². The van der Waals surface area contributed by atoms with Crippen LogP contribution in [0.15, 0.2) is 12.1 Å². The van der Waals surface area contributed by atoms with Gasteiger partial charge in [-0.05, 0) is 39.3 Å². The SMILES string of the molecule is Cc1c(C2(O)CN3CCN(C(=O)OC(C)(C)C)CC3CO2)ccc(F)c1C#N. The minimum Gasteiger partial charge on any atom is -0.444 e. The first-order chi connectivity index (χ1) is 13.0. The number of amides is 1. The van der Waals surface area contributed by atoms with Gasteiger partial charge in [0.25, 0.3) is 0 Å². The molecule has 1 aromatic rings. The predicted octanol–water partition coefficient (Wildman–Crippen LogP) is 2.10. The van der Waals surface area contributed by atoms with Crippen molar-refractivity contribution in [1.29, 1.82) is 5.26 Å². The monoisotopic (exact) mass is 391 g/mol. The molecule has 2 fully saturated rings. The Labute approximate surface area is 164 Å². The lowest BCUT2D eigenvalue weighted by Gasteiger charge is -2.49. The summed E-state index contributed by atoms with van der Waals surface area (Å²) < 4.78 is 25.0. The van der Waals surface area contributed by atoms with Crippen LogP contribution in [-0.2, 0) is 15.3 Å². The smallest absolute Gasteiger partial charge is 0.410 e. The predicted molar refractivity (Wildman–Crippen MR) is 98.9 cm³/mol. The van der Waals surface area contributed by atoms with Crippen LogP contribution < -0.4 is 0 Å². The normalized spacial score (nSPS) is 25.8. The molecule has 2 aliphatic heterocycles. The number of halogens is 1. The van der Waals surface area contributed by atoms with Crippen molar-refractivity contribution in [2.45, 2.75) is 45.1 Å². The van der Waals surface area contributed by atoms with Gasteiger partial charge in [0.1, 0.15) is 17.5 Å². The maximum Gasteiger partial charge on any atom is 0.410 e. The number of hydrogen-bond acceptors (Lipinski definition) is 6. The summed E-state index contributed by atoms with van der Waals surface area (Å²) in [6.07, 6.45) is -0.360. The first-order valence-corrected chi connectivity index (χ1v) is 9.32. The zero-order chi connectivity index (χ0) is 20.7. The van der Waals surface area contributed by atoms with E-state index < -0.39 is 17.2 Å². The molecule has 1 amide bonds. The van der Waals surface area contributed by atoms with Crippen molar-refractivity contribution in [3.05, 3.63) is 34.6 Å². The first-order valence-electron chi connectivity index (χ1n) is 9.32. The summed E-state index contributed by atoms with van der Waals surface area (Å²) >= 11 is 0. The summed E-state index contributed by atoms with van der Waals surface area (Å²) in [6.45, 7) is 8.93. The van der Waals surface area contributed by atoms with Crippen molar-refractivity contribution < 1.29 is 23.8 Å². The highest BCUT2D eigenvalue weighted by atomic mass is 19.1. The molecular weight excluding hydrogens is 365 g/mol. The third-order valence-corrected chi connectivity index (χ3v) is 5.14. The van der Waals surface area contributed by atoms with E-state index in [1.807, 2.05) is 26.8 Å². The Morgan fingerprint density at radius 3 is 2.79 bits per heavy atom. The fourth-order valence-electron chi connectivity index (χ4n) is 3.71. The molecule has 2 atom stereocenters. The number of hydrogen-bond donors (Lipinski definition) is 1. The molecule has 7 nitrogen and oxygen atoms in total. The molecule has 0 spiro atoms. The Kier molecular flexibility index (Phi) is 5.36. The third kappa shape index (κ3) is 3.97. The van der Waals surface area contributed by atoms with Crippen LogP contribution in [-0.4, -0.2) is 65.4 Å². The van der Waals surface area contributed by atoms with Gasteiger partial charge >= 0.3 is 6.09 Å². The second kappa shape index (κ2) is 7.32. The molecule has 28 heavy (non-hydrogen) atoms. The van der Waals surface area contributed by atoms with Crippen molar-refractivity contribution >= 4 is 6.09 Å². The molecule has 0 saturated carbocycles. The molecule has 8 heteroatoms. The largest absolute Gasteiger partial charge is 0.444 e. The van der Waals surface area contributed by atoms with Crippen LogP contribution >= 0.6 is 0 Å². The molecule has 3 rings (SSSR count). The zero-order valence-corrected chi connectivity index (χ0v) is 16.7. The van der Waals surface area contributed by atoms with Crippen LogP contribution in [0.5, 0.6) is 0 Å². The lowest BCUT2D eigenvalue weighted by Crippen LogP contribution is -2.63. The number of nitriles is 1. The number of benzene rings is 1. The van der Waals surface area contributed by atoms with Crippen molar-refractivity contribution in [2.24, 2.45) is 0 Å². The average Bonchev–Trinajstić information content (AvgIpc) is 2.60. The second-order valence-corrected chi connectivity index (χ2v) is 8.35. The molecule has 2 aliphatic rings. The van der Waals surface area contributed by atoms with E-state index in [4.69, 9.17) is 9.47 Å². The standard InChI is InChI=1S/C20H26FN3O4/c1-13-15(9-22)17(21)6-5-16(13)20(26)12-24-8-7-23(10-14(24)11-27-20)18(25)28-19(2,3)4/h5-6,14,26H,7-8,10-12H2,1-4H3. The van der Waals surface area contributed by atoms with Crippen LogP contribution in [0.4, 0.5) is 9.18 Å². The van der Waals surface area contributed by atoms with E-state index in [0.717, 1.165) is 0 Å². The lowest BCUT2D eigenvalue weighted by atomic mass is 9.93. The maximum absolute atomic E-state index is 13.8. The van der Waals surface area contributed by atoms with Gasteiger partial charge in [0, 0.05) is 25.2 Å². The van der Waals surface area contributed by atoms with Crippen LogP contribution in [0.3, 0.4) is 0 Å². The molecule has 0 aliphatic carbocycles. The van der Waals surface area contributed by atoms with Crippen LogP contribution in [0.25, 0.3) is 0 Å². The van der Waals surface area contributed by atoms with E-state index in [-0.39, 0.29) is 30.9 Å². The highest BCUT2D eigenvalue weighted by Crippen LogP contribution is 2.34. The Balaban J connectivity index is 1.73. The molecule has 2 heterocycles. The Bertz CT molecular complexity index is 817. The Morgan fingerprint density at radius 2 is 2.14 bits per heavy atom. The van der Waals surface area contributed by atoms with E-state index >= 15 is 0 Å². The number of piperazine rings is 1. The number of ether oxygens (including phenoxy) is 2. The molecule has 0 radical (unpaired) electrons. The summed E-state index contributed by atoms with van der Waals surface area (Å²) in [4.78, 5) is 16.0. The quantitative estimate of drug-likeness (QED) is 0.789. The molecule has 2 unspecified atom stereocenters. The van der Waals surface area contributed by atoms with Crippen LogP contribution in [0.1, 0.15) is 37.5 Å². The van der Waals surface area contributed by atoms with Gasteiger partial charge in [-0.1, -0.05) is 6.07 Å². The zero-order valence-electron chi connectivity index (χ0n) is 16.7. The van der Waals surface area contributed by atoms with Crippen LogP contribution in [0, 0.1) is 24.1 Å². The van der Waals surface area contributed by atoms with E-state index in [1.54, 1.807) is 11.8 Å². The highest BCUT2D eigenvalue weighted by molar-refractivity contribution is 5.68. The fourth-order valence-corrected chi connectivity index (χ4v) is 3.71. The van der Waals surface area contributed by atoms with Gasteiger partial charge in [-0.3, -0.25) is 4.90 Å². The topological polar surface area (TPSA) is 86.0 Å². The molecule has 2 saturated heterocycles. The van der Waals surface area contributed by atoms with Gasteiger partial charge in [-0.2, -0.15) is 5.26 Å². The third-order valence-electron chi connectivity index (χ3n) is 5.14. The van der Waals surface area contributed by atoms with Crippen LogP contribution in [0.2, 0.25) is 0 Å². The number of nitrogens with zero attached hydrogens (tertiary/aromatic N) is 3. The molecule has 152 valence electrons. The van der Waals surface area contributed by atoms with Gasteiger partial charge in [0.15, 0.2) is 0 Å². The van der Waals surface area contributed by atoms with Gasteiger partial charge in [-0.15, -0.1) is 0 Å². The number of carbonyl (C=O) groups is 1. The number of morpholine rings is 1. The van der Waals surface area contributed by atoms with E-state index in [0.29, 0.717) is 30.8 Å². The van der Waals surface area contributed by atoms with Crippen molar-refractivity contribution in [3.63, 3.8) is 0 Å². The number of aliphatic hydroxyl groups is 1. The van der Waals surface area contributed by atoms with E-state index in [9.17, 15) is 19.6 Å². The van der Waals surface area contributed by atoms with Crippen molar-refractivity contribution in [3.8, 4) is 6.07 Å². The molecule has 1 N–H and O–H groups in total. The average molecular weight is 391 g/mol. The van der Waals surface area contributed by atoms with E-state index in [1.165, 1.54) is 12.1 Å². The van der Waals surface area contributed by atoms with Gasteiger partial charge in [0.05, 0.1) is 24.8 Å². The molecule has 0 aromatic heterocycles. The maximum atomic E-state index is 13.8. The first kappa shape index (κ1) is 20.5. The lowest BCUT2D eigenvalue weighted by molar-refractivity contribution is -0.266. The van der Waals surface area contributed by atoms with Gasteiger partial charge < -0.3 is 19.5 Å². The Hall–Kier alpha value is -2.21. The molecular formula is C20H26FN3O4. The summed E-state index contributed by atoms with van der Waals surface area (Å²) in [5, 5.41) is 20.3. The van der Waals surface area contributed by atoms with Crippen molar-refractivity contribution in [2.75, 3.05) is 32.8 Å². The summed E-state index contributed by atoms with van der Waals surface area (Å²) in [6, 6.07) is 4.40. The molecule has 1 aromatic carbocycles. The van der Waals surface area contributed by atoms with Gasteiger partial charge in [0.2, 0.25) is 5.79 Å². The summed E-state index contributed by atoms with van der Waals surface area (Å²) in [5.41, 5.74) is 0.108. The van der Waals surface area contributed by atoms with Crippen molar-refractivity contribution in [1.82, 2.24) is 9.80 Å².